The largest absolute Gasteiger partial charge is 0.491 e. The zero-order chi connectivity index (χ0) is 11.1. The first-order valence-electron chi connectivity index (χ1n) is 5.52. The van der Waals surface area contributed by atoms with E-state index in [0.29, 0.717) is 0 Å². The van der Waals surface area contributed by atoms with E-state index in [1.54, 1.807) is 6.20 Å². The van der Waals surface area contributed by atoms with Gasteiger partial charge in [0.05, 0.1) is 11.8 Å². The van der Waals surface area contributed by atoms with E-state index in [9.17, 15) is 0 Å². The Morgan fingerprint density at radius 1 is 1.53 bits per heavy atom. The maximum absolute atomic E-state index is 5.77. The molecule has 1 aromatic heterocycles. The molecule has 0 bridgehead atoms. The molecule has 0 aliphatic heterocycles. The Labute approximate surface area is 91.9 Å². The van der Waals surface area contributed by atoms with Crippen molar-refractivity contribution in [2.45, 2.75) is 39.3 Å². The van der Waals surface area contributed by atoms with Crippen LogP contribution in [0.4, 0.5) is 0 Å². The summed E-state index contributed by atoms with van der Waals surface area (Å²) in [7, 11) is 1.91. The highest BCUT2D eigenvalue weighted by Crippen LogP contribution is 2.14. The Kier molecular flexibility index (Phi) is 5.12. The van der Waals surface area contributed by atoms with Gasteiger partial charge in [-0.15, -0.1) is 0 Å². The van der Waals surface area contributed by atoms with Crippen LogP contribution < -0.4 is 10.1 Å². The first-order valence-corrected chi connectivity index (χ1v) is 5.52. The molecule has 0 aliphatic rings. The lowest BCUT2D eigenvalue weighted by molar-refractivity contribution is 0.209. The molecule has 1 atom stereocenters. The van der Waals surface area contributed by atoms with Crippen molar-refractivity contribution in [2.75, 3.05) is 7.05 Å². The second-order valence-electron chi connectivity index (χ2n) is 3.73. The summed E-state index contributed by atoms with van der Waals surface area (Å²) in [6.45, 7) is 5.04. The highest BCUT2D eigenvalue weighted by molar-refractivity contribution is 5.22. The normalized spacial score (nSPS) is 12.5. The third kappa shape index (κ3) is 4.30. The molecule has 0 aromatic carbocycles. The van der Waals surface area contributed by atoms with E-state index in [-0.39, 0.29) is 6.10 Å². The van der Waals surface area contributed by atoms with Crippen molar-refractivity contribution in [1.29, 1.82) is 0 Å². The van der Waals surface area contributed by atoms with Crippen LogP contribution in [0.3, 0.4) is 0 Å². The minimum Gasteiger partial charge on any atom is -0.491 e. The number of aromatic nitrogens is 1. The lowest BCUT2D eigenvalue weighted by atomic mass is 10.2. The molecule has 0 saturated heterocycles. The van der Waals surface area contributed by atoms with Gasteiger partial charge in [-0.05, 0) is 26.5 Å². The second-order valence-corrected chi connectivity index (χ2v) is 3.73. The van der Waals surface area contributed by atoms with Gasteiger partial charge in [0.15, 0.2) is 0 Å². The van der Waals surface area contributed by atoms with E-state index in [4.69, 9.17) is 4.74 Å². The summed E-state index contributed by atoms with van der Waals surface area (Å²) in [4.78, 5) is 4.24. The molecule has 1 rings (SSSR count). The molecular formula is C12H20N2O. The molecule has 3 nitrogen and oxygen atoms in total. The fraction of sp³-hybridized carbons (Fsp3) is 0.583. The zero-order valence-corrected chi connectivity index (χ0v) is 9.79. The van der Waals surface area contributed by atoms with Gasteiger partial charge in [-0.3, -0.25) is 4.98 Å². The van der Waals surface area contributed by atoms with E-state index < -0.39 is 0 Å². The molecule has 1 aromatic rings. The van der Waals surface area contributed by atoms with E-state index in [2.05, 4.69) is 24.1 Å². The van der Waals surface area contributed by atoms with Crippen molar-refractivity contribution < 1.29 is 4.74 Å². The summed E-state index contributed by atoms with van der Waals surface area (Å²) < 4.78 is 5.77. The molecule has 1 unspecified atom stereocenters. The van der Waals surface area contributed by atoms with Crippen molar-refractivity contribution in [2.24, 2.45) is 0 Å². The molecule has 3 heteroatoms. The third-order valence-corrected chi connectivity index (χ3v) is 2.18. The first kappa shape index (κ1) is 12.0. The molecule has 0 spiro atoms. The number of nitrogens with one attached hydrogen (secondary N) is 1. The summed E-state index contributed by atoms with van der Waals surface area (Å²) in [5, 5.41) is 3.07. The highest BCUT2D eigenvalue weighted by Gasteiger charge is 2.03. The molecule has 0 saturated carbocycles. The van der Waals surface area contributed by atoms with Crippen LogP contribution in [0.25, 0.3) is 0 Å². The molecule has 1 heterocycles. The summed E-state index contributed by atoms with van der Waals surface area (Å²) >= 11 is 0. The molecule has 1 N–H and O–H groups in total. The van der Waals surface area contributed by atoms with Crippen LogP contribution in [-0.2, 0) is 6.54 Å². The summed E-state index contributed by atoms with van der Waals surface area (Å²) in [6, 6.07) is 3.90. The smallest absolute Gasteiger partial charge is 0.123 e. The van der Waals surface area contributed by atoms with Crippen LogP contribution in [0.2, 0.25) is 0 Å². The molecule has 0 amide bonds. The number of hydrogen-bond donors (Lipinski definition) is 1. The summed E-state index contributed by atoms with van der Waals surface area (Å²) in [5.41, 5.74) is 1.01. The van der Waals surface area contributed by atoms with Crippen molar-refractivity contribution in [1.82, 2.24) is 10.3 Å². The minimum absolute atomic E-state index is 0.278. The number of nitrogens with zero attached hydrogens (tertiary/aromatic N) is 1. The Morgan fingerprint density at radius 2 is 2.33 bits per heavy atom. The Hall–Kier alpha value is -1.09. The van der Waals surface area contributed by atoms with Crippen molar-refractivity contribution >= 4 is 0 Å². The van der Waals surface area contributed by atoms with E-state index in [0.717, 1.165) is 30.8 Å². The van der Waals surface area contributed by atoms with Gasteiger partial charge in [0.1, 0.15) is 5.75 Å². The Morgan fingerprint density at radius 3 is 3.00 bits per heavy atom. The quantitative estimate of drug-likeness (QED) is 0.779. The van der Waals surface area contributed by atoms with Crippen LogP contribution in [0.5, 0.6) is 5.75 Å². The summed E-state index contributed by atoms with van der Waals surface area (Å²) in [6.07, 6.45) is 4.31. The summed E-state index contributed by atoms with van der Waals surface area (Å²) in [5.74, 6) is 0.913. The monoisotopic (exact) mass is 208 g/mol. The van der Waals surface area contributed by atoms with Crippen LogP contribution >= 0.6 is 0 Å². The van der Waals surface area contributed by atoms with Gasteiger partial charge in [-0.25, -0.2) is 0 Å². The Bertz CT molecular complexity index is 289. The van der Waals surface area contributed by atoms with Crippen LogP contribution in [0.15, 0.2) is 18.3 Å². The SMILES string of the molecule is CCCC(C)Oc1ccnc(CNC)c1. The standard InChI is InChI=1S/C12H20N2O/c1-4-5-10(2)15-12-6-7-14-11(8-12)9-13-3/h6-8,10,13H,4-5,9H2,1-3H3. The van der Waals surface area contributed by atoms with Gasteiger partial charge in [-0.2, -0.15) is 0 Å². The Balaban J connectivity index is 2.56. The average Bonchev–Trinajstić information content (AvgIpc) is 2.19. The van der Waals surface area contributed by atoms with Crippen molar-refractivity contribution in [3.05, 3.63) is 24.0 Å². The highest BCUT2D eigenvalue weighted by atomic mass is 16.5. The fourth-order valence-corrected chi connectivity index (χ4v) is 1.50. The molecule has 84 valence electrons. The third-order valence-electron chi connectivity index (χ3n) is 2.18. The molecule has 0 aliphatic carbocycles. The van der Waals surface area contributed by atoms with Gasteiger partial charge < -0.3 is 10.1 Å². The number of pyridine rings is 1. The van der Waals surface area contributed by atoms with E-state index in [1.807, 2.05) is 19.2 Å². The average molecular weight is 208 g/mol. The maximum Gasteiger partial charge on any atom is 0.123 e. The van der Waals surface area contributed by atoms with Gasteiger partial charge in [0, 0.05) is 18.8 Å². The van der Waals surface area contributed by atoms with Gasteiger partial charge in [0.25, 0.3) is 0 Å². The van der Waals surface area contributed by atoms with Crippen molar-refractivity contribution in [3.63, 3.8) is 0 Å². The van der Waals surface area contributed by atoms with Gasteiger partial charge in [0.2, 0.25) is 0 Å². The lowest BCUT2D eigenvalue weighted by Crippen LogP contribution is -2.12. The van der Waals surface area contributed by atoms with E-state index >= 15 is 0 Å². The van der Waals surface area contributed by atoms with Crippen LogP contribution in [0, 0.1) is 0 Å². The topological polar surface area (TPSA) is 34.1 Å². The van der Waals surface area contributed by atoms with Gasteiger partial charge >= 0.3 is 0 Å². The molecule has 0 radical (unpaired) electrons. The zero-order valence-electron chi connectivity index (χ0n) is 9.79. The van der Waals surface area contributed by atoms with Crippen molar-refractivity contribution in [3.8, 4) is 5.75 Å². The number of hydrogen-bond acceptors (Lipinski definition) is 3. The predicted octanol–water partition coefficient (Wildman–Crippen LogP) is 2.37. The fourth-order valence-electron chi connectivity index (χ4n) is 1.50. The minimum atomic E-state index is 0.278. The number of ether oxygens (including phenoxy) is 1. The van der Waals surface area contributed by atoms with Crippen LogP contribution in [-0.4, -0.2) is 18.1 Å². The maximum atomic E-state index is 5.77. The second kappa shape index (κ2) is 6.40. The van der Waals surface area contributed by atoms with E-state index in [1.165, 1.54) is 0 Å². The van der Waals surface area contributed by atoms with Gasteiger partial charge in [-0.1, -0.05) is 13.3 Å². The predicted molar refractivity (Wildman–Crippen MR) is 62.0 cm³/mol. The molecule has 0 fully saturated rings. The molecule has 15 heavy (non-hydrogen) atoms. The molecular weight excluding hydrogens is 188 g/mol. The van der Waals surface area contributed by atoms with Crippen LogP contribution in [0.1, 0.15) is 32.4 Å². The number of rotatable bonds is 6. The first-order chi connectivity index (χ1) is 7.26. The lowest BCUT2D eigenvalue weighted by Gasteiger charge is -2.14.